The van der Waals surface area contributed by atoms with Crippen LogP contribution in [0.2, 0.25) is 0 Å². The van der Waals surface area contributed by atoms with Crippen molar-refractivity contribution in [3.63, 3.8) is 0 Å². The molecule has 0 radical (unpaired) electrons. The van der Waals surface area contributed by atoms with Gasteiger partial charge >= 0.3 is 0 Å². The van der Waals surface area contributed by atoms with Gasteiger partial charge < -0.3 is 20.1 Å². The van der Waals surface area contributed by atoms with Gasteiger partial charge in [-0.3, -0.25) is 4.79 Å². The highest BCUT2D eigenvalue weighted by Gasteiger charge is 2.38. The Morgan fingerprint density at radius 2 is 1.89 bits per heavy atom. The van der Waals surface area contributed by atoms with Gasteiger partial charge in [0.05, 0.1) is 5.92 Å². The standard InChI is InChI=1S/C14H16N2O3/c17-14-10-7-15-2-1-8(10)9-5-12-13(6-11(9)16-14)19-4-3-18-12/h5-6,8,10,15H,1-4,7H2,(H,16,17). The zero-order chi connectivity index (χ0) is 12.8. The molecule has 3 heterocycles. The number of hydrogen-bond donors (Lipinski definition) is 2. The van der Waals surface area contributed by atoms with E-state index in [1.165, 1.54) is 5.56 Å². The summed E-state index contributed by atoms with van der Waals surface area (Å²) in [6, 6.07) is 3.95. The van der Waals surface area contributed by atoms with E-state index in [0.29, 0.717) is 19.1 Å². The van der Waals surface area contributed by atoms with Crippen molar-refractivity contribution in [2.75, 3.05) is 31.6 Å². The monoisotopic (exact) mass is 260 g/mol. The molecular weight excluding hydrogens is 244 g/mol. The predicted octanol–water partition coefficient (Wildman–Crippen LogP) is 1.10. The Morgan fingerprint density at radius 1 is 1.11 bits per heavy atom. The van der Waals surface area contributed by atoms with Gasteiger partial charge in [0.2, 0.25) is 5.91 Å². The minimum absolute atomic E-state index is 0.0313. The van der Waals surface area contributed by atoms with Crippen LogP contribution in [-0.4, -0.2) is 32.2 Å². The first kappa shape index (κ1) is 11.1. The highest BCUT2D eigenvalue weighted by Crippen LogP contribution is 2.45. The fourth-order valence-corrected chi connectivity index (χ4v) is 3.25. The van der Waals surface area contributed by atoms with Crippen LogP contribution in [0, 0.1) is 5.92 Å². The summed E-state index contributed by atoms with van der Waals surface area (Å²) in [7, 11) is 0. The molecule has 3 aliphatic rings. The lowest BCUT2D eigenvalue weighted by molar-refractivity contribution is -0.121. The maximum atomic E-state index is 12.1. The van der Waals surface area contributed by atoms with Crippen LogP contribution in [0.4, 0.5) is 5.69 Å². The summed E-state index contributed by atoms with van der Waals surface area (Å²) in [5, 5.41) is 6.29. The lowest BCUT2D eigenvalue weighted by Gasteiger charge is -2.37. The molecule has 1 aromatic carbocycles. The Balaban J connectivity index is 1.81. The second-order valence-electron chi connectivity index (χ2n) is 5.28. The first-order chi connectivity index (χ1) is 9.33. The highest BCUT2D eigenvalue weighted by atomic mass is 16.6. The highest BCUT2D eigenvalue weighted by molar-refractivity contribution is 5.97. The van der Waals surface area contributed by atoms with Crippen molar-refractivity contribution in [2.24, 2.45) is 5.92 Å². The molecule has 2 atom stereocenters. The number of hydrogen-bond acceptors (Lipinski definition) is 4. The fourth-order valence-electron chi connectivity index (χ4n) is 3.25. The number of carbonyl (C=O) groups excluding carboxylic acids is 1. The number of carbonyl (C=O) groups is 1. The molecule has 0 saturated carbocycles. The summed E-state index contributed by atoms with van der Waals surface area (Å²) in [6.07, 6.45) is 0.991. The van der Waals surface area contributed by atoms with Gasteiger partial charge in [0.15, 0.2) is 11.5 Å². The lowest BCUT2D eigenvalue weighted by atomic mass is 9.77. The van der Waals surface area contributed by atoms with Gasteiger partial charge in [0.25, 0.3) is 0 Å². The van der Waals surface area contributed by atoms with Crippen LogP contribution in [0.15, 0.2) is 12.1 Å². The van der Waals surface area contributed by atoms with E-state index in [0.717, 1.165) is 36.7 Å². The second-order valence-corrected chi connectivity index (χ2v) is 5.28. The van der Waals surface area contributed by atoms with Crippen LogP contribution in [0.25, 0.3) is 0 Å². The van der Waals surface area contributed by atoms with Crippen molar-refractivity contribution in [3.05, 3.63) is 17.7 Å². The Labute approximate surface area is 111 Å². The number of fused-ring (bicyclic) bond motifs is 4. The van der Waals surface area contributed by atoms with E-state index in [4.69, 9.17) is 9.47 Å². The second kappa shape index (κ2) is 4.13. The van der Waals surface area contributed by atoms with Crippen molar-refractivity contribution < 1.29 is 14.3 Å². The molecule has 4 rings (SSSR count). The molecule has 1 fully saturated rings. The maximum absolute atomic E-state index is 12.1. The van der Waals surface area contributed by atoms with Crippen LogP contribution < -0.4 is 20.1 Å². The zero-order valence-corrected chi connectivity index (χ0v) is 10.6. The Kier molecular flexibility index (Phi) is 2.41. The summed E-state index contributed by atoms with van der Waals surface area (Å²) >= 11 is 0. The molecule has 100 valence electrons. The van der Waals surface area contributed by atoms with E-state index < -0.39 is 0 Å². The normalized spacial score (nSPS) is 28.1. The van der Waals surface area contributed by atoms with Crippen LogP contribution in [-0.2, 0) is 4.79 Å². The number of ether oxygens (including phenoxy) is 2. The number of anilines is 1. The van der Waals surface area contributed by atoms with Crippen molar-refractivity contribution in [3.8, 4) is 11.5 Å². The molecule has 1 saturated heterocycles. The first-order valence-corrected chi connectivity index (χ1v) is 6.78. The van der Waals surface area contributed by atoms with Crippen molar-refractivity contribution in [1.29, 1.82) is 0 Å². The number of piperidine rings is 1. The number of amides is 1. The van der Waals surface area contributed by atoms with Gasteiger partial charge in [0, 0.05) is 24.2 Å². The topological polar surface area (TPSA) is 59.6 Å². The van der Waals surface area contributed by atoms with Crippen LogP contribution >= 0.6 is 0 Å². The molecule has 0 aliphatic carbocycles. The maximum Gasteiger partial charge on any atom is 0.229 e. The van der Waals surface area contributed by atoms with Gasteiger partial charge in [0.1, 0.15) is 13.2 Å². The summed E-state index contributed by atoms with van der Waals surface area (Å²) in [4.78, 5) is 12.1. The van der Waals surface area contributed by atoms with Gasteiger partial charge in [-0.2, -0.15) is 0 Å². The molecular formula is C14H16N2O3. The Morgan fingerprint density at radius 3 is 2.74 bits per heavy atom. The zero-order valence-electron chi connectivity index (χ0n) is 10.6. The number of nitrogens with one attached hydrogen (secondary N) is 2. The van der Waals surface area contributed by atoms with Gasteiger partial charge in [-0.25, -0.2) is 0 Å². The summed E-state index contributed by atoms with van der Waals surface area (Å²) in [6.45, 7) is 2.87. The lowest BCUT2D eigenvalue weighted by Crippen LogP contribution is -2.45. The smallest absolute Gasteiger partial charge is 0.229 e. The molecule has 1 amide bonds. The van der Waals surface area contributed by atoms with Crippen LogP contribution in [0.1, 0.15) is 17.9 Å². The van der Waals surface area contributed by atoms with Gasteiger partial charge in [-0.15, -0.1) is 0 Å². The molecule has 3 aliphatic heterocycles. The van der Waals surface area contributed by atoms with Gasteiger partial charge in [-0.05, 0) is 24.6 Å². The number of rotatable bonds is 0. The molecule has 5 nitrogen and oxygen atoms in total. The Hall–Kier alpha value is -1.75. The third-order valence-electron chi connectivity index (χ3n) is 4.19. The van der Waals surface area contributed by atoms with E-state index >= 15 is 0 Å². The predicted molar refractivity (Wildman–Crippen MR) is 69.8 cm³/mol. The minimum Gasteiger partial charge on any atom is -0.486 e. The molecule has 0 aromatic heterocycles. The average molecular weight is 260 g/mol. The van der Waals surface area contributed by atoms with E-state index in [2.05, 4.69) is 10.6 Å². The average Bonchev–Trinajstić information content (AvgIpc) is 2.46. The van der Waals surface area contributed by atoms with Crippen molar-refractivity contribution in [1.82, 2.24) is 5.32 Å². The number of benzene rings is 1. The molecule has 19 heavy (non-hydrogen) atoms. The third-order valence-corrected chi connectivity index (χ3v) is 4.19. The van der Waals surface area contributed by atoms with E-state index in [-0.39, 0.29) is 11.8 Å². The largest absolute Gasteiger partial charge is 0.486 e. The van der Waals surface area contributed by atoms with Crippen molar-refractivity contribution in [2.45, 2.75) is 12.3 Å². The van der Waals surface area contributed by atoms with Crippen LogP contribution in [0.3, 0.4) is 0 Å². The van der Waals surface area contributed by atoms with E-state index in [1.54, 1.807) is 0 Å². The fraction of sp³-hybridized carbons (Fsp3) is 0.500. The Bertz CT molecular complexity index is 544. The van der Waals surface area contributed by atoms with Crippen LogP contribution in [0.5, 0.6) is 11.5 Å². The molecule has 5 heteroatoms. The quantitative estimate of drug-likeness (QED) is 0.733. The molecule has 0 spiro atoms. The molecule has 2 unspecified atom stereocenters. The third kappa shape index (κ3) is 1.69. The SMILES string of the molecule is O=C1Nc2cc3c(cc2C2CCNCC12)OCCO3. The van der Waals surface area contributed by atoms with Crippen molar-refractivity contribution >= 4 is 11.6 Å². The van der Waals surface area contributed by atoms with Gasteiger partial charge in [-0.1, -0.05) is 0 Å². The summed E-state index contributed by atoms with van der Waals surface area (Å²) in [5.41, 5.74) is 2.08. The molecule has 1 aromatic rings. The minimum atomic E-state index is 0.0313. The van der Waals surface area contributed by atoms with E-state index in [9.17, 15) is 4.79 Å². The summed E-state index contributed by atoms with van der Waals surface area (Å²) < 4.78 is 11.2. The molecule has 0 bridgehead atoms. The molecule has 2 N–H and O–H groups in total. The first-order valence-electron chi connectivity index (χ1n) is 6.78. The van der Waals surface area contributed by atoms with E-state index in [1.807, 2.05) is 12.1 Å². The summed E-state index contributed by atoms with van der Waals surface area (Å²) in [5.74, 6) is 1.97.